The van der Waals surface area contributed by atoms with E-state index in [0.717, 1.165) is 5.56 Å². The van der Waals surface area contributed by atoms with Crippen LogP contribution < -0.4 is 15.2 Å². The maximum Gasteiger partial charge on any atom is 0.238 e. The molecule has 1 amide bonds. The van der Waals surface area contributed by atoms with Gasteiger partial charge in [-0.1, -0.05) is 12.1 Å². The van der Waals surface area contributed by atoms with Crippen molar-refractivity contribution in [3.63, 3.8) is 0 Å². The fourth-order valence-corrected chi connectivity index (χ4v) is 2.67. The molecular weight excluding hydrogens is 328 g/mol. The Morgan fingerprint density at radius 1 is 1.04 bits per heavy atom. The molecule has 128 valence electrons. The number of methoxy groups -OCH3 is 1. The van der Waals surface area contributed by atoms with Gasteiger partial charge < -0.3 is 10.1 Å². The average molecular weight is 348 g/mol. The molecule has 0 aromatic heterocycles. The second-order valence-electron chi connectivity index (χ2n) is 5.88. The van der Waals surface area contributed by atoms with Gasteiger partial charge in [0, 0.05) is 5.69 Å². The Morgan fingerprint density at radius 3 is 2.04 bits per heavy atom. The number of rotatable bonds is 5. The molecule has 0 fully saturated rings. The van der Waals surface area contributed by atoms with E-state index in [2.05, 4.69) is 5.32 Å². The lowest BCUT2D eigenvalue weighted by Crippen LogP contribution is -2.34. The topological polar surface area (TPSA) is 98.5 Å². The number of amides is 1. The Kier molecular flexibility index (Phi) is 4.96. The highest BCUT2D eigenvalue weighted by atomic mass is 32.2. The van der Waals surface area contributed by atoms with E-state index in [1.807, 2.05) is 26.0 Å². The molecule has 0 saturated heterocycles. The van der Waals surface area contributed by atoms with Gasteiger partial charge in [0.05, 0.1) is 17.4 Å². The molecule has 24 heavy (non-hydrogen) atoms. The van der Waals surface area contributed by atoms with Crippen LogP contribution in [0.5, 0.6) is 5.75 Å². The Morgan fingerprint density at radius 2 is 1.58 bits per heavy atom. The quantitative estimate of drug-likeness (QED) is 0.866. The van der Waals surface area contributed by atoms with Gasteiger partial charge in [-0.15, -0.1) is 0 Å². The summed E-state index contributed by atoms with van der Waals surface area (Å²) in [7, 11) is -2.17. The van der Waals surface area contributed by atoms with Crippen LogP contribution in [-0.2, 0) is 20.2 Å². The number of carbonyl (C=O) groups excluding carboxylic acids is 1. The van der Waals surface area contributed by atoms with Crippen LogP contribution in [-0.4, -0.2) is 21.4 Å². The number of nitrogens with two attached hydrogens (primary N) is 1. The first-order valence-corrected chi connectivity index (χ1v) is 8.78. The number of nitrogens with one attached hydrogen (secondary N) is 1. The summed E-state index contributed by atoms with van der Waals surface area (Å²) in [4.78, 5) is 12.6. The lowest BCUT2D eigenvalue weighted by atomic mass is 9.83. The Labute approximate surface area is 141 Å². The van der Waals surface area contributed by atoms with E-state index in [-0.39, 0.29) is 10.8 Å². The van der Waals surface area contributed by atoms with Crippen LogP contribution in [0.3, 0.4) is 0 Å². The highest BCUT2D eigenvalue weighted by Crippen LogP contribution is 2.27. The van der Waals surface area contributed by atoms with Crippen LogP contribution in [0.15, 0.2) is 53.4 Å². The molecule has 0 radical (unpaired) electrons. The summed E-state index contributed by atoms with van der Waals surface area (Å²) in [6, 6.07) is 13.0. The smallest absolute Gasteiger partial charge is 0.238 e. The monoisotopic (exact) mass is 348 g/mol. The van der Waals surface area contributed by atoms with Crippen molar-refractivity contribution in [3.8, 4) is 5.75 Å². The van der Waals surface area contributed by atoms with E-state index in [4.69, 9.17) is 9.88 Å². The molecule has 0 aliphatic heterocycles. The van der Waals surface area contributed by atoms with Crippen molar-refractivity contribution in [3.05, 3.63) is 54.1 Å². The fraction of sp³-hybridized carbons (Fsp3) is 0.235. The molecule has 0 saturated carbocycles. The summed E-state index contributed by atoms with van der Waals surface area (Å²) in [6.07, 6.45) is 0. The van der Waals surface area contributed by atoms with Gasteiger partial charge in [-0.25, -0.2) is 13.6 Å². The molecule has 0 bridgehead atoms. The molecule has 0 atom stereocenters. The number of anilines is 1. The highest BCUT2D eigenvalue weighted by molar-refractivity contribution is 7.89. The first kappa shape index (κ1) is 18.0. The van der Waals surface area contributed by atoms with Crippen LogP contribution in [0, 0.1) is 0 Å². The van der Waals surface area contributed by atoms with E-state index in [0.29, 0.717) is 11.4 Å². The van der Waals surface area contributed by atoms with E-state index < -0.39 is 15.4 Å². The van der Waals surface area contributed by atoms with E-state index in [1.165, 1.54) is 24.3 Å². The van der Waals surface area contributed by atoms with Crippen LogP contribution in [0.25, 0.3) is 0 Å². The van der Waals surface area contributed by atoms with Crippen molar-refractivity contribution in [2.45, 2.75) is 24.2 Å². The minimum atomic E-state index is -3.75. The summed E-state index contributed by atoms with van der Waals surface area (Å²) in [5.41, 5.74) is 0.557. The van der Waals surface area contributed by atoms with Crippen LogP contribution in [0.1, 0.15) is 19.4 Å². The molecule has 6 nitrogen and oxygen atoms in total. The molecule has 0 unspecified atom stereocenters. The Balaban J connectivity index is 2.18. The lowest BCUT2D eigenvalue weighted by Gasteiger charge is -2.24. The number of ether oxygens (including phenoxy) is 1. The first-order chi connectivity index (χ1) is 11.1. The third kappa shape index (κ3) is 3.93. The fourth-order valence-electron chi connectivity index (χ4n) is 2.15. The molecule has 2 aromatic rings. The second-order valence-corrected chi connectivity index (χ2v) is 7.44. The SMILES string of the molecule is COc1ccc(C(C)(C)C(=O)Nc2ccc(S(N)(=O)=O)cc2)cc1. The normalized spacial score (nSPS) is 11.8. The van der Waals surface area contributed by atoms with E-state index in [9.17, 15) is 13.2 Å². The van der Waals surface area contributed by atoms with Gasteiger partial charge in [-0.05, 0) is 55.8 Å². The minimum Gasteiger partial charge on any atom is -0.497 e. The van der Waals surface area contributed by atoms with Crippen molar-refractivity contribution < 1.29 is 17.9 Å². The third-order valence-corrected chi connectivity index (χ3v) is 4.75. The number of primary sulfonamides is 1. The van der Waals surface area contributed by atoms with Gasteiger partial charge in [0.1, 0.15) is 5.75 Å². The number of carbonyl (C=O) groups is 1. The Hall–Kier alpha value is -2.38. The van der Waals surface area contributed by atoms with Crippen LogP contribution in [0.4, 0.5) is 5.69 Å². The number of hydrogen-bond acceptors (Lipinski definition) is 4. The average Bonchev–Trinajstić information content (AvgIpc) is 2.54. The predicted octanol–water partition coefficient (Wildman–Crippen LogP) is 2.26. The maximum absolute atomic E-state index is 12.6. The molecule has 0 spiro atoms. The van der Waals surface area contributed by atoms with Crippen molar-refractivity contribution >= 4 is 21.6 Å². The standard InChI is InChI=1S/C17H20N2O4S/c1-17(2,12-4-8-14(23-3)9-5-12)16(20)19-13-6-10-15(11-7-13)24(18,21)22/h4-11H,1-3H3,(H,19,20)(H2,18,21,22). The van der Waals surface area contributed by atoms with Crippen molar-refractivity contribution in [1.82, 2.24) is 0 Å². The predicted molar refractivity (Wildman–Crippen MR) is 92.5 cm³/mol. The summed E-state index contributed by atoms with van der Waals surface area (Å²) < 4.78 is 27.6. The molecule has 0 heterocycles. The second kappa shape index (κ2) is 6.62. The molecule has 2 aromatic carbocycles. The maximum atomic E-state index is 12.6. The zero-order valence-electron chi connectivity index (χ0n) is 13.7. The van der Waals surface area contributed by atoms with Crippen LogP contribution >= 0.6 is 0 Å². The summed E-state index contributed by atoms with van der Waals surface area (Å²) in [5.74, 6) is 0.504. The van der Waals surface area contributed by atoms with Crippen molar-refractivity contribution in [2.24, 2.45) is 5.14 Å². The van der Waals surface area contributed by atoms with Crippen LogP contribution in [0.2, 0.25) is 0 Å². The highest BCUT2D eigenvalue weighted by Gasteiger charge is 2.29. The molecular formula is C17H20N2O4S. The van der Waals surface area contributed by atoms with Crippen molar-refractivity contribution in [2.75, 3.05) is 12.4 Å². The summed E-state index contributed by atoms with van der Waals surface area (Å²) in [6.45, 7) is 3.62. The number of benzene rings is 2. The van der Waals surface area contributed by atoms with Gasteiger partial charge in [0.25, 0.3) is 0 Å². The van der Waals surface area contributed by atoms with Crippen molar-refractivity contribution in [1.29, 1.82) is 0 Å². The van der Waals surface area contributed by atoms with Gasteiger partial charge in [-0.2, -0.15) is 0 Å². The molecule has 7 heteroatoms. The number of hydrogen-bond donors (Lipinski definition) is 2. The van der Waals surface area contributed by atoms with Gasteiger partial charge in [0.2, 0.25) is 15.9 Å². The molecule has 0 aliphatic rings. The van der Waals surface area contributed by atoms with Gasteiger partial charge in [0.15, 0.2) is 0 Å². The zero-order chi connectivity index (χ0) is 18.0. The largest absolute Gasteiger partial charge is 0.497 e. The minimum absolute atomic E-state index is 0.00471. The van der Waals surface area contributed by atoms with Gasteiger partial charge in [-0.3, -0.25) is 4.79 Å². The van der Waals surface area contributed by atoms with E-state index >= 15 is 0 Å². The first-order valence-electron chi connectivity index (χ1n) is 7.23. The molecule has 0 aliphatic carbocycles. The Bertz CT molecular complexity index is 826. The number of sulfonamides is 1. The zero-order valence-corrected chi connectivity index (χ0v) is 14.6. The third-order valence-electron chi connectivity index (χ3n) is 3.82. The molecule has 3 N–H and O–H groups in total. The summed E-state index contributed by atoms with van der Waals surface area (Å²) >= 11 is 0. The lowest BCUT2D eigenvalue weighted by molar-refractivity contribution is -0.120. The van der Waals surface area contributed by atoms with Gasteiger partial charge >= 0.3 is 0 Å². The summed E-state index contributed by atoms with van der Waals surface area (Å²) in [5, 5.41) is 7.83. The van der Waals surface area contributed by atoms with E-state index in [1.54, 1.807) is 19.2 Å². The molecule has 2 rings (SSSR count).